The topological polar surface area (TPSA) is 44.9 Å². The molecule has 0 aliphatic carbocycles. The highest BCUT2D eigenvalue weighted by Gasteiger charge is 2.19. The fraction of sp³-hybridized carbons (Fsp3) is 0.417. The summed E-state index contributed by atoms with van der Waals surface area (Å²) in [4.78, 5) is 0. The second-order valence-electron chi connectivity index (χ2n) is 4.27. The summed E-state index contributed by atoms with van der Waals surface area (Å²) < 4.78 is 9.61. The third-order valence-electron chi connectivity index (χ3n) is 3.03. The quantitative estimate of drug-likeness (QED) is 0.780. The average molecular weight is 262 g/mol. The molecule has 1 aromatic heterocycles. The van der Waals surface area contributed by atoms with Crippen LogP contribution in [-0.4, -0.2) is 26.4 Å². The van der Waals surface area contributed by atoms with Crippen LogP contribution in [0.25, 0.3) is 5.69 Å². The van der Waals surface area contributed by atoms with Gasteiger partial charge in [0.2, 0.25) is 4.77 Å². The molecule has 1 aliphatic heterocycles. The Balaban J connectivity index is 1.95. The Hall–Kier alpha value is -1.53. The molecule has 0 N–H and O–H groups in total. The normalized spacial score (nSPS) is 19.9. The van der Waals surface area contributed by atoms with Gasteiger partial charge in [0.1, 0.15) is 0 Å². The highest BCUT2D eigenvalue weighted by atomic mass is 32.1. The monoisotopic (exact) mass is 262 g/mol. The summed E-state index contributed by atoms with van der Waals surface area (Å²) in [5.74, 6) is 0. The van der Waals surface area contributed by atoms with Crippen LogP contribution >= 0.6 is 12.2 Å². The van der Waals surface area contributed by atoms with Gasteiger partial charge in [0.05, 0.1) is 5.69 Å². The lowest BCUT2D eigenvalue weighted by Crippen LogP contribution is -2.19. The summed E-state index contributed by atoms with van der Waals surface area (Å²) in [7, 11) is 0. The number of tetrazole rings is 1. The van der Waals surface area contributed by atoms with E-state index in [1.165, 1.54) is 0 Å². The average Bonchev–Trinajstić information content (AvgIpc) is 2.83. The van der Waals surface area contributed by atoms with Crippen LogP contribution in [0.1, 0.15) is 25.5 Å². The third-order valence-corrected chi connectivity index (χ3v) is 3.39. The van der Waals surface area contributed by atoms with E-state index in [9.17, 15) is 0 Å². The Bertz CT molecular complexity index is 571. The van der Waals surface area contributed by atoms with Gasteiger partial charge in [-0.3, -0.25) is 0 Å². The smallest absolute Gasteiger partial charge is 0.223 e. The SMILES string of the molecule is S=c1n(-c2ccccc2)nnn1C1CCCCO1. The lowest BCUT2D eigenvalue weighted by atomic mass is 10.2. The summed E-state index contributed by atoms with van der Waals surface area (Å²) in [6.45, 7) is 0.768. The van der Waals surface area contributed by atoms with Crippen LogP contribution in [0, 0.1) is 4.77 Å². The largest absolute Gasteiger partial charge is 0.356 e. The zero-order valence-corrected chi connectivity index (χ0v) is 10.7. The van der Waals surface area contributed by atoms with Crippen LogP contribution < -0.4 is 0 Å². The van der Waals surface area contributed by atoms with Crippen molar-refractivity contribution in [2.75, 3.05) is 6.61 Å². The van der Waals surface area contributed by atoms with Gasteiger partial charge in [-0.25, -0.2) is 0 Å². The van der Waals surface area contributed by atoms with Crippen molar-refractivity contribution in [3.05, 3.63) is 35.1 Å². The second kappa shape index (κ2) is 4.99. The molecule has 0 amide bonds. The number of aromatic nitrogens is 4. The maximum Gasteiger partial charge on any atom is 0.223 e. The summed E-state index contributed by atoms with van der Waals surface area (Å²) >= 11 is 5.41. The van der Waals surface area contributed by atoms with E-state index in [4.69, 9.17) is 17.0 Å². The molecule has 94 valence electrons. The molecule has 0 saturated carbocycles. The van der Waals surface area contributed by atoms with Gasteiger partial charge in [-0.1, -0.05) is 18.2 Å². The van der Waals surface area contributed by atoms with Crippen molar-refractivity contribution in [2.24, 2.45) is 0 Å². The maximum atomic E-state index is 5.67. The zero-order valence-electron chi connectivity index (χ0n) is 9.90. The second-order valence-corrected chi connectivity index (χ2v) is 4.64. The van der Waals surface area contributed by atoms with Crippen molar-refractivity contribution in [3.8, 4) is 5.69 Å². The molecule has 2 aromatic rings. The van der Waals surface area contributed by atoms with Crippen molar-refractivity contribution in [2.45, 2.75) is 25.5 Å². The van der Waals surface area contributed by atoms with Crippen molar-refractivity contribution in [1.29, 1.82) is 0 Å². The van der Waals surface area contributed by atoms with Gasteiger partial charge in [-0.15, -0.1) is 0 Å². The van der Waals surface area contributed by atoms with E-state index >= 15 is 0 Å². The van der Waals surface area contributed by atoms with Crippen LogP contribution in [0.2, 0.25) is 0 Å². The zero-order chi connectivity index (χ0) is 12.4. The number of hydrogen-bond acceptors (Lipinski definition) is 4. The fourth-order valence-electron chi connectivity index (χ4n) is 2.09. The van der Waals surface area contributed by atoms with Gasteiger partial charge in [0.15, 0.2) is 6.23 Å². The molecule has 1 saturated heterocycles. The Morgan fingerprint density at radius 3 is 2.72 bits per heavy atom. The van der Waals surface area contributed by atoms with Crippen molar-refractivity contribution < 1.29 is 4.74 Å². The van der Waals surface area contributed by atoms with Gasteiger partial charge in [0.25, 0.3) is 0 Å². The highest BCUT2D eigenvalue weighted by Crippen LogP contribution is 2.22. The lowest BCUT2D eigenvalue weighted by molar-refractivity contribution is -0.0414. The first kappa shape index (κ1) is 11.6. The maximum absolute atomic E-state index is 5.67. The molecule has 1 aliphatic rings. The van der Waals surface area contributed by atoms with Crippen LogP contribution in [0.15, 0.2) is 30.3 Å². The van der Waals surface area contributed by atoms with E-state index in [1.54, 1.807) is 9.36 Å². The molecule has 3 rings (SSSR count). The number of ether oxygens (including phenoxy) is 1. The number of hydrogen-bond donors (Lipinski definition) is 0. The molecule has 1 unspecified atom stereocenters. The van der Waals surface area contributed by atoms with Gasteiger partial charge < -0.3 is 4.74 Å². The first-order chi connectivity index (χ1) is 8.86. The number of nitrogens with zero attached hydrogens (tertiary/aromatic N) is 4. The first-order valence-electron chi connectivity index (χ1n) is 6.08. The van der Waals surface area contributed by atoms with Gasteiger partial charge in [-0.2, -0.15) is 9.36 Å². The highest BCUT2D eigenvalue weighted by molar-refractivity contribution is 7.71. The lowest BCUT2D eigenvalue weighted by Gasteiger charge is -2.21. The van der Waals surface area contributed by atoms with Crippen LogP contribution in [0.3, 0.4) is 0 Å². The van der Waals surface area contributed by atoms with E-state index in [0.717, 1.165) is 31.6 Å². The minimum Gasteiger partial charge on any atom is -0.356 e. The molecule has 0 bridgehead atoms. The molecule has 6 heteroatoms. The molecule has 5 nitrogen and oxygen atoms in total. The summed E-state index contributed by atoms with van der Waals surface area (Å²) in [5, 5.41) is 8.22. The van der Waals surface area contributed by atoms with E-state index in [0.29, 0.717) is 4.77 Å². The Kier molecular flexibility index (Phi) is 3.21. The summed E-state index contributed by atoms with van der Waals surface area (Å²) in [5.41, 5.74) is 0.921. The molecular weight excluding hydrogens is 248 g/mol. The van der Waals surface area contributed by atoms with Crippen molar-refractivity contribution in [1.82, 2.24) is 19.8 Å². The molecule has 1 fully saturated rings. The molecule has 2 heterocycles. The molecule has 1 atom stereocenters. The molecular formula is C12H14N4OS. The van der Waals surface area contributed by atoms with Crippen molar-refractivity contribution in [3.63, 3.8) is 0 Å². The molecule has 0 spiro atoms. The van der Waals surface area contributed by atoms with Crippen LogP contribution in [-0.2, 0) is 4.74 Å². The molecule has 18 heavy (non-hydrogen) atoms. The van der Waals surface area contributed by atoms with Crippen molar-refractivity contribution >= 4 is 12.2 Å². The Morgan fingerprint density at radius 2 is 2.00 bits per heavy atom. The van der Waals surface area contributed by atoms with Crippen LogP contribution in [0.5, 0.6) is 0 Å². The van der Waals surface area contributed by atoms with Gasteiger partial charge >= 0.3 is 0 Å². The van der Waals surface area contributed by atoms with Gasteiger partial charge in [-0.05, 0) is 54.0 Å². The predicted octanol–water partition coefficient (Wildman–Crippen LogP) is 2.50. The first-order valence-corrected chi connectivity index (χ1v) is 6.48. The fourth-order valence-corrected chi connectivity index (χ4v) is 2.38. The minimum atomic E-state index is -0.0660. The Labute approximate surface area is 110 Å². The molecule has 0 radical (unpaired) electrons. The third kappa shape index (κ3) is 2.09. The summed E-state index contributed by atoms with van der Waals surface area (Å²) in [6.07, 6.45) is 3.13. The van der Waals surface area contributed by atoms with Crippen LogP contribution in [0.4, 0.5) is 0 Å². The number of benzene rings is 1. The molecule has 1 aromatic carbocycles. The number of rotatable bonds is 2. The van der Waals surface area contributed by atoms with Gasteiger partial charge in [0, 0.05) is 6.61 Å². The standard InChI is InChI=1S/C12H14N4OS/c18-12-15(10-6-2-1-3-7-10)13-14-16(12)11-8-4-5-9-17-11/h1-3,6-7,11H,4-5,8-9H2. The van der Waals surface area contributed by atoms with E-state index in [2.05, 4.69) is 10.4 Å². The van der Waals surface area contributed by atoms with E-state index in [-0.39, 0.29) is 6.23 Å². The van der Waals surface area contributed by atoms with E-state index < -0.39 is 0 Å². The summed E-state index contributed by atoms with van der Waals surface area (Å²) in [6, 6.07) is 9.77. The minimum absolute atomic E-state index is 0.0660. The van der Waals surface area contributed by atoms with E-state index in [1.807, 2.05) is 30.3 Å². The Morgan fingerprint density at radius 1 is 1.17 bits per heavy atom. The predicted molar refractivity (Wildman–Crippen MR) is 69.0 cm³/mol. The number of para-hydroxylation sites is 1.